The van der Waals surface area contributed by atoms with Crippen molar-refractivity contribution in [3.05, 3.63) is 70.9 Å². The molecular weight excluding hydrogens is 338 g/mol. The predicted octanol–water partition coefficient (Wildman–Crippen LogP) is 6.28. The van der Waals surface area contributed by atoms with E-state index in [0.29, 0.717) is 0 Å². The van der Waals surface area contributed by atoms with E-state index in [1.807, 2.05) is 0 Å². The first-order valence-electron chi connectivity index (χ1n) is 8.81. The molecule has 0 amide bonds. The summed E-state index contributed by atoms with van der Waals surface area (Å²) in [6.45, 7) is 6.39. The highest BCUT2D eigenvalue weighted by Gasteiger charge is 2.14. The van der Waals surface area contributed by atoms with Crippen LogP contribution in [0.3, 0.4) is 0 Å². The van der Waals surface area contributed by atoms with E-state index in [9.17, 15) is 0 Å². The third-order valence-corrected chi connectivity index (χ3v) is 5.58. The second-order valence-corrected chi connectivity index (χ2v) is 7.40. The molecule has 4 aromatic rings. The van der Waals surface area contributed by atoms with Crippen molar-refractivity contribution in [1.29, 1.82) is 0 Å². The van der Waals surface area contributed by atoms with Gasteiger partial charge in [0.2, 0.25) is 0 Å². The molecule has 26 heavy (non-hydrogen) atoms. The van der Waals surface area contributed by atoms with Crippen molar-refractivity contribution in [3.63, 3.8) is 0 Å². The molecule has 4 heteroatoms. The van der Waals surface area contributed by atoms with Gasteiger partial charge in [-0.1, -0.05) is 43.3 Å². The predicted molar refractivity (Wildman–Crippen MR) is 111 cm³/mol. The third-order valence-electron chi connectivity index (χ3n) is 4.69. The number of nitrogens with one attached hydrogen (secondary N) is 1. The maximum Gasteiger partial charge on any atom is 0.143 e. The number of aryl methyl sites for hydroxylation is 3. The second-order valence-electron chi connectivity index (χ2n) is 6.55. The van der Waals surface area contributed by atoms with E-state index in [-0.39, 0.29) is 0 Å². The minimum absolute atomic E-state index is 0.861. The Kier molecular flexibility index (Phi) is 4.43. The van der Waals surface area contributed by atoms with Crippen molar-refractivity contribution in [2.45, 2.75) is 27.2 Å². The zero-order valence-electron chi connectivity index (χ0n) is 15.2. The van der Waals surface area contributed by atoms with Crippen LogP contribution in [0.25, 0.3) is 21.3 Å². The van der Waals surface area contributed by atoms with E-state index in [1.165, 1.54) is 27.8 Å². The molecular formula is C22H21N3S. The number of aromatic nitrogens is 2. The monoisotopic (exact) mass is 359 g/mol. The average molecular weight is 359 g/mol. The summed E-state index contributed by atoms with van der Waals surface area (Å²) in [6, 6.07) is 15.2. The Morgan fingerprint density at radius 1 is 1.00 bits per heavy atom. The summed E-state index contributed by atoms with van der Waals surface area (Å²) < 4.78 is 0. The van der Waals surface area contributed by atoms with Gasteiger partial charge >= 0.3 is 0 Å². The van der Waals surface area contributed by atoms with Crippen LogP contribution in [0, 0.1) is 13.8 Å². The summed E-state index contributed by atoms with van der Waals surface area (Å²) in [4.78, 5) is 10.0. The molecule has 0 aliphatic carbocycles. The zero-order chi connectivity index (χ0) is 18.1. The van der Waals surface area contributed by atoms with Gasteiger partial charge in [-0.3, -0.25) is 0 Å². The van der Waals surface area contributed by atoms with Gasteiger partial charge < -0.3 is 5.32 Å². The van der Waals surface area contributed by atoms with Crippen molar-refractivity contribution < 1.29 is 0 Å². The molecule has 0 spiro atoms. The number of hydrogen-bond donors (Lipinski definition) is 1. The van der Waals surface area contributed by atoms with Crippen LogP contribution in [0.1, 0.15) is 23.6 Å². The molecule has 0 bridgehead atoms. The highest BCUT2D eigenvalue weighted by molar-refractivity contribution is 7.17. The fourth-order valence-electron chi connectivity index (χ4n) is 3.10. The van der Waals surface area contributed by atoms with Gasteiger partial charge in [-0.05, 0) is 48.6 Å². The molecule has 0 atom stereocenters. The molecule has 0 fully saturated rings. The molecule has 3 nitrogen and oxygen atoms in total. The Bertz CT molecular complexity index is 1060. The zero-order valence-corrected chi connectivity index (χ0v) is 16.0. The van der Waals surface area contributed by atoms with E-state index < -0.39 is 0 Å². The minimum Gasteiger partial charge on any atom is -0.339 e. The first kappa shape index (κ1) is 16.7. The maximum absolute atomic E-state index is 4.55. The molecule has 2 aromatic carbocycles. The second kappa shape index (κ2) is 6.89. The minimum atomic E-state index is 0.861. The molecule has 4 rings (SSSR count). The van der Waals surface area contributed by atoms with Gasteiger partial charge in [-0.15, -0.1) is 11.3 Å². The van der Waals surface area contributed by atoms with Crippen molar-refractivity contribution >= 4 is 33.1 Å². The lowest BCUT2D eigenvalue weighted by Crippen LogP contribution is -1.98. The summed E-state index contributed by atoms with van der Waals surface area (Å²) in [5, 5.41) is 6.79. The Morgan fingerprint density at radius 2 is 1.81 bits per heavy atom. The highest BCUT2D eigenvalue weighted by atomic mass is 32.1. The maximum atomic E-state index is 4.55. The normalized spacial score (nSPS) is 11.0. The number of hydrogen-bond acceptors (Lipinski definition) is 4. The standard InChI is InChI=1S/C22H21N3S/c1-4-16-7-9-17(10-8-16)18-12-26-22-20(18)21(23-13-24-22)25-19-11-14(2)5-6-15(19)3/h5-13H,4H2,1-3H3,(H,23,24,25). The Morgan fingerprint density at radius 3 is 2.58 bits per heavy atom. The summed E-state index contributed by atoms with van der Waals surface area (Å²) in [7, 11) is 0. The van der Waals surface area contributed by atoms with Crippen molar-refractivity contribution in [2.24, 2.45) is 0 Å². The molecule has 1 N–H and O–H groups in total. The van der Waals surface area contributed by atoms with Crippen LogP contribution in [0.2, 0.25) is 0 Å². The van der Waals surface area contributed by atoms with Gasteiger partial charge in [-0.25, -0.2) is 9.97 Å². The Labute approximate surface area is 157 Å². The molecule has 0 unspecified atom stereocenters. The third kappa shape index (κ3) is 3.08. The van der Waals surface area contributed by atoms with Crippen molar-refractivity contribution in [1.82, 2.24) is 9.97 Å². The summed E-state index contributed by atoms with van der Waals surface area (Å²) >= 11 is 1.66. The number of fused-ring (bicyclic) bond motifs is 1. The van der Waals surface area contributed by atoms with E-state index >= 15 is 0 Å². The van der Waals surface area contributed by atoms with E-state index in [4.69, 9.17) is 0 Å². The van der Waals surface area contributed by atoms with Crippen LogP contribution in [-0.4, -0.2) is 9.97 Å². The van der Waals surface area contributed by atoms with Gasteiger partial charge in [0.05, 0.1) is 5.39 Å². The van der Waals surface area contributed by atoms with Gasteiger partial charge in [0, 0.05) is 16.6 Å². The molecule has 0 saturated heterocycles. The molecule has 0 radical (unpaired) electrons. The SMILES string of the molecule is CCc1ccc(-c2csc3ncnc(Nc4cc(C)ccc4C)c23)cc1. The molecule has 2 heterocycles. The first-order valence-corrected chi connectivity index (χ1v) is 9.69. The smallest absolute Gasteiger partial charge is 0.143 e. The fraction of sp³-hybridized carbons (Fsp3) is 0.182. The van der Waals surface area contributed by atoms with Gasteiger partial charge in [0.25, 0.3) is 0 Å². The van der Waals surface area contributed by atoms with Crippen LogP contribution < -0.4 is 5.32 Å². The Balaban J connectivity index is 1.82. The van der Waals surface area contributed by atoms with E-state index in [2.05, 4.69) is 83.9 Å². The quantitative estimate of drug-likeness (QED) is 0.466. The van der Waals surface area contributed by atoms with Crippen LogP contribution in [0.5, 0.6) is 0 Å². The van der Waals surface area contributed by atoms with Crippen molar-refractivity contribution in [3.8, 4) is 11.1 Å². The molecule has 0 aliphatic heterocycles. The molecule has 0 aliphatic rings. The van der Waals surface area contributed by atoms with E-state index in [0.717, 1.165) is 28.1 Å². The van der Waals surface area contributed by atoms with Crippen molar-refractivity contribution in [2.75, 3.05) is 5.32 Å². The summed E-state index contributed by atoms with van der Waals surface area (Å²) in [5.41, 5.74) is 7.24. The van der Waals surface area contributed by atoms with Crippen LogP contribution in [0.4, 0.5) is 11.5 Å². The average Bonchev–Trinajstić information content (AvgIpc) is 3.10. The number of anilines is 2. The number of thiophene rings is 1. The largest absolute Gasteiger partial charge is 0.339 e. The molecule has 130 valence electrons. The van der Waals surface area contributed by atoms with Crippen LogP contribution in [0.15, 0.2) is 54.2 Å². The Hall–Kier alpha value is -2.72. The van der Waals surface area contributed by atoms with Gasteiger partial charge in [0.15, 0.2) is 0 Å². The highest BCUT2D eigenvalue weighted by Crippen LogP contribution is 2.37. The van der Waals surface area contributed by atoms with Gasteiger partial charge in [-0.2, -0.15) is 0 Å². The van der Waals surface area contributed by atoms with Crippen LogP contribution >= 0.6 is 11.3 Å². The lowest BCUT2D eigenvalue weighted by molar-refractivity contribution is 1.14. The van der Waals surface area contributed by atoms with Gasteiger partial charge in [0.1, 0.15) is 17.0 Å². The summed E-state index contributed by atoms with van der Waals surface area (Å²) in [6.07, 6.45) is 2.68. The first-order chi connectivity index (χ1) is 12.7. The number of rotatable bonds is 4. The topological polar surface area (TPSA) is 37.8 Å². The summed E-state index contributed by atoms with van der Waals surface area (Å²) in [5.74, 6) is 0.861. The fourth-order valence-corrected chi connectivity index (χ4v) is 4.02. The number of benzene rings is 2. The molecule has 0 saturated carbocycles. The van der Waals surface area contributed by atoms with Crippen LogP contribution in [-0.2, 0) is 6.42 Å². The molecule has 2 aromatic heterocycles. The lowest BCUT2D eigenvalue weighted by atomic mass is 10.0. The number of nitrogens with zero attached hydrogens (tertiary/aromatic N) is 2. The lowest BCUT2D eigenvalue weighted by Gasteiger charge is -2.12. The van der Waals surface area contributed by atoms with E-state index in [1.54, 1.807) is 17.7 Å².